The highest BCUT2D eigenvalue weighted by molar-refractivity contribution is 5.27. The van der Waals surface area contributed by atoms with Crippen molar-refractivity contribution in [3.63, 3.8) is 0 Å². The van der Waals surface area contributed by atoms with Crippen LogP contribution < -0.4 is 10.5 Å². The Hall–Kier alpha value is -1.94. The van der Waals surface area contributed by atoms with Crippen LogP contribution >= 0.6 is 0 Å². The van der Waals surface area contributed by atoms with Gasteiger partial charge < -0.3 is 10.5 Å². The molecule has 0 aliphatic rings. The van der Waals surface area contributed by atoms with Gasteiger partial charge in [-0.3, -0.25) is 0 Å². The molecule has 0 spiro atoms. The maximum Gasteiger partial charge on any atom is 0.166 e. The molecule has 0 aliphatic heterocycles. The molecule has 2 aromatic rings. The number of hydrogen-bond acceptors (Lipinski definition) is 4. The summed E-state index contributed by atoms with van der Waals surface area (Å²) >= 11 is 0. The maximum absolute atomic E-state index is 5.61. The maximum atomic E-state index is 5.61. The molecule has 0 amide bonds. The average Bonchev–Trinajstić information content (AvgIpc) is 2.46. The van der Waals surface area contributed by atoms with Crippen LogP contribution in [0.1, 0.15) is 23.9 Å². The summed E-state index contributed by atoms with van der Waals surface area (Å²) in [7, 11) is 0. The van der Waals surface area contributed by atoms with E-state index in [1.807, 2.05) is 12.1 Å². The van der Waals surface area contributed by atoms with E-state index in [0.717, 1.165) is 17.7 Å². The van der Waals surface area contributed by atoms with Gasteiger partial charge in [0.05, 0.1) is 0 Å². The van der Waals surface area contributed by atoms with E-state index in [0.29, 0.717) is 19.0 Å². The van der Waals surface area contributed by atoms with Crippen LogP contribution in [0.5, 0.6) is 5.75 Å². The standard InChI is InChI=1S/C14H17N3O/c1-2-11-3-5-13(6-4-11)18-10-14-16-8-12(7-15)9-17-14/h3-6,8-9H,2,7,10,15H2,1H3. The van der Waals surface area contributed by atoms with Crippen molar-refractivity contribution in [1.29, 1.82) is 0 Å². The number of benzene rings is 1. The monoisotopic (exact) mass is 243 g/mol. The van der Waals surface area contributed by atoms with Crippen LogP contribution in [0.25, 0.3) is 0 Å². The lowest BCUT2D eigenvalue weighted by atomic mass is 10.2. The fourth-order valence-corrected chi connectivity index (χ4v) is 1.53. The summed E-state index contributed by atoms with van der Waals surface area (Å²) in [4.78, 5) is 8.36. The zero-order valence-electron chi connectivity index (χ0n) is 10.5. The highest BCUT2D eigenvalue weighted by Crippen LogP contribution is 2.13. The smallest absolute Gasteiger partial charge is 0.166 e. The fraction of sp³-hybridized carbons (Fsp3) is 0.286. The number of aromatic nitrogens is 2. The van der Waals surface area contributed by atoms with E-state index < -0.39 is 0 Å². The molecule has 0 aliphatic carbocycles. The molecule has 1 aromatic carbocycles. The molecule has 2 N–H and O–H groups in total. The fourth-order valence-electron chi connectivity index (χ4n) is 1.53. The van der Waals surface area contributed by atoms with E-state index in [4.69, 9.17) is 10.5 Å². The van der Waals surface area contributed by atoms with Crippen LogP contribution in [0, 0.1) is 0 Å². The Kier molecular flexibility index (Phi) is 4.25. The molecule has 0 saturated carbocycles. The molecule has 0 atom stereocenters. The van der Waals surface area contributed by atoms with E-state index >= 15 is 0 Å². The highest BCUT2D eigenvalue weighted by Gasteiger charge is 1.99. The minimum atomic E-state index is 0.371. The molecule has 94 valence electrons. The first-order valence-corrected chi connectivity index (χ1v) is 6.03. The lowest BCUT2D eigenvalue weighted by molar-refractivity contribution is 0.295. The highest BCUT2D eigenvalue weighted by atomic mass is 16.5. The summed E-state index contributed by atoms with van der Waals surface area (Å²) in [5.41, 5.74) is 7.70. The zero-order chi connectivity index (χ0) is 12.8. The van der Waals surface area contributed by atoms with Crippen molar-refractivity contribution in [3.05, 3.63) is 53.6 Å². The van der Waals surface area contributed by atoms with Crippen LogP contribution in [0.15, 0.2) is 36.7 Å². The zero-order valence-corrected chi connectivity index (χ0v) is 10.5. The summed E-state index contributed by atoms with van der Waals surface area (Å²) in [5.74, 6) is 1.49. The number of nitrogens with zero attached hydrogens (tertiary/aromatic N) is 2. The van der Waals surface area contributed by atoms with Crippen molar-refractivity contribution in [2.24, 2.45) is 5.73 Å². The van der Waals surface area contributed by atoms with Crippen LogP contribution in [-0.4, -0.2) is 9.97 Å². The van der Waals surface area contributed by atoms with Gasteiger partial charge in [0.15, 0.2) is 5.82 Å². The third-order valence-electron chi connectivity index (χ3n) is 2.69. The second-order valence-corrected chi connectivity index (χ2v) is 4.00. The van der Waals surface area contributed by atoms with Gasteiger partial charge in [-0.15, -0.1) is 0 Å². The van der Waals surface area contributed by atoms with Crippen molar-refractivity contribution in [2.45, 2.75) is 26.5 Å². The Morgan fingerprint density at radius 1 is 1.06 bits per heavy atom. The number of hydrogen-bond donors (Lipinski definition) is 1. The summed E-state index contributed by atoms with van der Waals surface area (Å²) < 4.78 is 5.61. The Bertz CT molecular complexity index is 432. The molecule has 4 heteroatoms. The van der Waals surface area contributed by atoms with Gasteiger partial charge in [0.1, 0.15) is 12.4 Å². The van der Waals surface area contributed by atoms with E-state index in [1.54, 1.807) is 12.4 Å². The molecule has 1 heterocycles. The second-order valence-electron chi connectivity index (χ2n) is 4.00. The van der Waals surface area contributed by atoms with Gasteiger partial charge in [-0.25, -0.2) is 9.97 Å². The van der Waals surface area contributed by atoms with E-state index in [1.165, 1.54) is 5.56 Å². The van der Waals surface area contributed by atoms with Crippen LogP contribution in [-0.2, 0) is 19.6 Å². The predicted molar refractivity (Wildman–Crippen MR) is 70.1 cm³/mol. The first-order chi connectivity index (χ1) is 8.81. The van der Waals surface area contributed by atoms with Crippen LogP contribution in [0.3, 0.4) is 0 Å². The van der Waals surface area contributed by atoms with Gasteiger partial charge in [0.2, 0.25) is 0 Å². The van der Waals surface area contributed by atoms with E-state index in [-0.39, 0.29) is 0 Å². The van der Waals surface area contributed by atoms with Crippen molar-refractivity contribution < 1.29 is 4.74 Å². The van der Waals surface area contributed by atoms with E-state index in [9.17, 15) is 0 Å². The minimum absolute atomic E-state index is 0.371. The molecule has 0 saturated heterocycles. The van der Waals surface area contributed by atoms with Gasteiger partial charge in [-0.2, -0.15) is 0 Å². The van der Waals surface area contributed by atoms with Gasteiger partial charge in [0.25, 0.3) is 0 Å². The molecule has 0 unspecified atom stereocenters. The lowest BCUT2D eigenvalue weighted by Crippen LogP contribution is -2.04. The molecular formula is C14H17N3O. The van der Waals surface area contributed by atoms with Crippen molar-refractivity contribution in [1.82, 2.24) is 9.97 Å². The Balaban J connectivity index is 1.93. The van der Waals surface area contributed by atoms with E-state index in [2.05, 4.69) is 29.0 Å². The molecule has 0 bridgehead atoms. The quantitative estimate of drug-likeness (QED) is 0.873. The molecule has 4 nitrogen and oxygen atoms in total. The Labute approximate surface area is 107 Å². The van der Waals surface area contributed by atoms with Gasteiger partial charge >= 0.3 is 0 Å². The SMILES string of the molecule is CCc1ccc(OCc2ncc(CN)cn2)cc1. The first kappa shape index (κ1) is 12.5. The molecule has 0 radical (unpaired) electrons. The molecule has 0 fully saturated rings. The Morgan fingerprint density at radius 2 is 1.72 bits per heavy atom. The number of ether oxygens (including phenoxy) is 1. The molecule has 1 aromatic heterocycles. The van der Waals surface area contributed by atoms with Crippen molar-refractivity contribution in [3.8, 4) is 5.75 Å². The van der Waals surface area contributed by atoms with Crippen molar-refractivity contribution in [2.75, 3.05) is 0 Å². The summed E-state index contributed by atoms with van der Waals surface area (Å²) in [5, 5.41) is 0. The second kappa shape index (κ2) is 6.12. The topological polar surface area (TPSA) is 61.0 Å². The third-order valence-corrected chi connectivity index (χ3v) is 2.69. The third kappa shape index (κ3) is 3.28. The number of nitrogens with two attached hydrogens (primary N) is 1. The summed E-state index contributed by atoms with van der Waals surface area (Å²) in [6, 6.07) is 8.06. The van der Waals surface area contributed by atoms with Gasteiger partial charge in [-0.05, 0) is 24.1 Å². The summed E-state index contributed by atoms with van der Waals surface area (Å²) in [6.07, 6.45) is 4.49. The number of rotatable bonds is 5. The van der Waals surface area contributed by atoms with Crippen LogP contribution in [0.4, 0.5) is 0 Å². The largest absolute Gasteiger partial charge is 0.486 e. The average molecular weight is 243 g/mol. The molecule has 2 rings (SSSR count). The van der Waals surface area contributed by atoms with Gasteiger partial charge in [-0.1, -0.05) is 19.1 Å². The normalized spacial score (nSPS) is 10.3. The van der Waals surface area contributed by atoms with Crippen molar-refractivity contribution >= 4 is 0 Å². The van der Waals surface area contributed by atoms with Gasteiger partial charge in [0, 0.05) is 24.5 Å². The molecular weight excluding hydrogens is 226 g/mol. The summed E-state index contributed by atoms with van der Waals surface area (Å²) in [6.45, 7) is 2.96. The number of aryl methyl sites for hydroxylation is 1. The van der Waals surface area contributed by atoms with Crippen LogP contribution in [0.2, 0.25) is 0 Å². The Morgan fingerprint density at radius 3 is 2.28 bits per heavy atom. The lowest BCUT2D eigenvalue weighted by Gasteiger charge is -2.06. The molecule has 18 heavy (non-hydrogen) atoms. The minimum Gasteiger partial charge on any atom is -0.486 e. The predicted octanol–water partition coefficient (Wildman–Crippen LogP) is 2.08. The first-order valence-electron chi connectivity index (χ1n) is 6.03.